The Morgan fingerprint density at radius 2 is 1.85 bits per heavy atom. The molecule has 5 nitrogen and oxygen atoms in total. The highest BCUT2D eigenvalue weighted by Gasteiger charge is 2.10. The topological polar surface area (TPSA) is 61.2 Å². The van der Waals surface area contributed by atoms with Crippen LogP contribution in [0.3, 0.4) is 0 Å². The van der Waals surface area contributed by atoms with Gasteiger partial charge >= 0.3 is 5.97 Å². The second kappa shape index (κ2) is 7.34. The van der Waals surface area contributed by atoms with Gasteiger partial charge in [-0.25, -0.2) is 9.78 Å². The van der Waals surface area contributed by atoms with Gasteiger partial charge in [0.1, 0.15) is 12.9 Å². The van der Waals surface area contributed by atoms with E-state index in [-0.39, 0.29) is 12.2 Å². The van der Waals surface area contributed by atoms with E-state index in [1.54, 1.807) is 48.5 Å². The summed E-state index contributed by atoms with van der Waals surface area (Å²) in [6.07, 6.45) is 1.48. The molecule has 0 bridgehead atoms. The van der Waals surface area contributed by atoms with Crippen LogP contribution in [-0.4, -0.2) is 15.5 Å². The Hall–Kier alpha value is -2.96. The number of esters is 1. The molecule has 0 saturated carbocycles. The Labute approximate surface area is 163 Å². The molecule has 0 fully saturated rings. The van der Waals surface area contributed by atoms with Crippen molar-refractivity contribution in [3.63, 3.8) is 0 Å². The molecule has 134 valence electrons. The van der Waals surface area contributed by atoms with Crippen LogP contribution in [0.15, 0.2) is 71.8 Å². The van der Waals surface area contributed by atoms with Gasteiger partial charge in [0, 0.05) is 4.88 Å². The number of thiophene rings is 1. The van der Waals surface area contributed by atoms with Crippen LogP contribution >= 0.6 is 22.9 Å². The van der Waals surface area contributed by atoms with Gasteiger partial charge in [-0.2, -0.15) is 0 Å². The van der Waals surface area contributed by atoms with Crippen LogP contribution < -0.4 is 5.56 Å². The lowest BCUT2D eigenvalue weighted by Gasteiger charge is -2.08. The largest absolute Gasteiger partial charge is 0.456 e. The lowest BCUT2D eigenvalue weighted by atomic mass is 10.2. The molecule has 4 aromatic rings. The lowest BCUT2D eigenvalue weighted by molar-refractivity contribution is 0.0477. The fourth-order valence-electron chi connectivity index (χ4n) is 2.66. The molecule has 4 rings (SSSR count). The Bertz CT molecular complexity index is 1180. The summed E-state index contributed by atoms with van der Waals surface area (Å²) in [6, 6.07) is 17.4. The summed E-state index contributed by atoms with van der Waals surface area (Å²) in [6.45, 7) is 0.173. The van der Waals surface area contributed by atoms with Gasteiger partial charge in [-0.15, -0.1) is 11.3 Å². The molecule has 0 aliphatic rings. The van der Waals surface area contributed by atoms with Crippen LogP contribution in [0, 0.1) is 0 Å². The first-order valence-electron chi connectivity index (χ1n) is 8.10. The van der Waals surface area contributed by atoms with Crippen molar-refractivity contribution >= 4 is 39.8 Å². The van der Waals surface area contributed by atoms with Gasteiger partial charge in [0.05, 0.1) is 26.5 Å². The summed E-state index contributed by atoms with van der Waals surface area (Å²) in [7, 11) is 0. The third kappa shape index (κ3) is 3.63. The molecule has 0 aliphatic heterocycles. The van der Waals surface area contributed by atoms with E-state index >= 15 is 0 Å². The van der Waals surface area contributed by atoms with Crippen LogP contribution in [-0.2, 0) is 11.3 Å². The maximum atomic E-state index is 12.6. The van der Waals surface area contributed by atoms with Gasteiger partial charge < -0.3 is 4.74 Å². The third-order valence-electron chi connectivity index (χ3n) is 4.02. The van der Waals surface area contributed by atoms with Crippen LogP contribution in [0.5, 0.6) is 0 Å². The predicted octanol–water partition coefficient (Wildman–Crippen LogP) is 4.46. The highest BCUT2D eigenvalue weighted by molar-refractivity contribution is 7.16. The first-order chi connectivity index (χ1) is 13.1. The summed E-state index contributed by atoms with van der Waals surface area (Å²) in [5.74, 6) is -0.435. The second-order valence-electron chi connectivity index (χ2n) is 5.77. The van der Waals surface area contributed by atoms with E-state index in [9.17, 15) is 9.59 Å². The lowest BCUT2D eigenvalue weighted by Crippen LogP contribution is -2.18. The van der Waals surface area contributed by atoms with Crippen molar-refractivity contribution in [1.29, 1.82) is 0 Å². The van der Waals surface area contributed by atoms with E-state index in [1.807, 2.05) is 12.1 Å². The molecule has 2 aromatic heterocycles. The van der Waals surface area contributed by atoms with E-state index in [0.717, 1.165) is 4.88 Å². The smallest absolute Gasteiger partial charge is 0.338 e. The summed E-state index contributed by atoms with van der Waals surface area (Å²) < 4.78 is 7.39. The maximum absolute atomic E-state index is 12.6. The summed E-state index contributed by atoms with van der Waals surface area (Å²) >= 11 is 7.23. The highest BCUT2D eigenvalue weighted by atomic mass is 35.5. The van der Waals surface area contributed by atoms with Crippen molar-refractivity contribution in [3.8, 4) is 5.69 Å². The van der Waals surface area contributed by atoms with E-state index in [1.165, 1.54) is 22.2 Å². The van der Waals surface area contributed by atoms with Crippen molar-refractivity contribution in [2.45, 2.75) is 6.61 Å². The molecule has 0 aliphatic carbocycles. The minimum absolute atomic E-state index is 0.162. The molecule has 0 radical (unpaired) electrons. The van der Waals surface area contributed by atoms with Crippen molar-refractivity contribution in [2.75, 3.05) is 0 Å². The molecular formula is C20H13ClN2O3S. The molecule has 27 heavy (non-hydrogen) atoms. The standard InChI is InChI=1S/C20H13ClN2O3S/c21-18-10-9-15(27-18)11-26-20(25)13-5-7-14(8-6-13)23-12-22-17-4-2-1-3-16(17)19(23)24/h1-10,12H,11H2. The fraction of sp³-hybridized carbons (Fsp3) is 0.0500. The molecule has 2 heterocycles. The molecule has 0 spiro atoms. The van der Waals surface area contributed by atoms with Gasteiger partial charge in [0.15, 0.2) is 0 Å². The average molecular weight is 397 g/mol. The van der Waals surface area contributed by atoms with Gasteiger partial charge in [-0.05, 0) is 48.5 Å². The number of carbonyl (C=O) groups is 1. The Balaban J connectivity index is 1.54. The summed E-state index contributed by atoms with van der Waals surface area (Å²) in [5.41, 5.74) is 1.51. The van der Waals surface area contributed by atoms with Crippen LogP contribution in [0.1, 0.15) is 15.2 Å². The Morgan fingerprint density at radius 1 is 1.07 bits per heavy atom. The Morgan fingerprint density at radius 3 is 2.59 bits per heavy atom. The zero-order valence-corrected chi connectivity index (χ0v) is 15.5. The van der Waals surface area contributed by atoms with Gasteiger partial charge in [-0.3, -0.25) is 9.36 Å². The first kappa shape index (κ1) is 17.5. The van der Waals surface area contributed by atoms with E-state index in [4.69, 9.17) is 16.3 Å². The van der Waals surface area contributed by atoms with E-state index in [2.05, 4.69) is 4.98 Å². The highest BCUT2D eigenvalue weighted by Crippen LogP contribution is 2.22. The SMILES string of the molecule is O=C(OCc1ccc(Cl)s1)c1ccc(-n2cnc3ccccc3c2=O)cc1. The number of hydrogen-bond acceptors (Lipinski definition) is 5. The van der Waals surface area contributed by atoms with E-state index in [0.29, 0.717) is 26.5 Å². The van der Waals surface area contributed by atoms with Crippen molar-refractivity contribution in [2.24, 2.45) is 0 Å². The molecule has 7 heteroatoms. The number of rotatable bonds is 4. The number of hydrogen-bond donors (Lipinski definition) is 0. The number of ether oxygens (including phenoxy) is 1. The van der Waals surface area contributed by atoms with Crippen LogP contribution in [0.25, 0.3) is 16.6 Å². The molecule has 0 N–H and O–H groups in total. The quantitative estimate of drug-likeness (QED) is 0.478. The molecular weight excluding hydrogens is 384 g/mol. The van der Waals surface area contributed by atoms with E-state index < -0.39 is 5.97 Å². The number of halogens is 1. The molecule has 0 saturated heterocycles. The molecule has 0 amide bonds. The number of carbonyl (C=O) groups excluding carboxylic acids is 1. The second-order valence-corrected chi connectivity index (χ2v) is 7.57. The summed E-state index contributed by atoms with van der Waals surface area (Å²) in [5, 5.41) is 0.540. The first-order valence-corrected chi connectivity index (χ1v) is 9.29. The number of nitrogens with zero attached hydrogens (tertiary/aromatic N) is 2. The normalized spacial score (nSPS) is 10.9. The fourth-order valence-corrected chi connectivity index (χ4v) is 3.66. The zero-order chi connectivity index (χ0) is 18.8. The minimum atomic E-state index is -0.435. The minimum Gasteiger partial charge on any atom is -0.456 e. The summed E-state index contributed by atoms with van der Waals surface area (Å²) in [4.78, 5) is 30.0. The van der Waals surface area contributed by atoms with Crippen molar-refractivity contribution < 1.29 is 9.53 Å². The number of benzene rings is 2. The van der Waals surface area contributed by atoms with Crippen LogP contribution in [0.4, 0.5) is 0 Å². The molecule has 0 unspecified atom stereocenters. The van der Waals surface area contributed by atoms with Crippen molar-refractivity contribution in [3.05, 3.63) is 92.1 Å². The predicted molar refractivity (Wildman–Crippen MR) is 106 cm³/mol. The molecule has 2 aromatic carbocycles. The monoisotopic (exact) mass is 396 g/mol. The number of aromatic nitrogens is 2. The van der Waals surface area contributed by atoms with Crippen LogP contribution in [0.2, 0.25) is 4.34 Å². The number of fused-ring (bicyclic) bond motifs is 1. The maximum Gasteiger partial charge on any atom is 0.338 e. The number of para-hydroxylation sites is 1. The average Bonchev–Trinajstić information content (AvgIpc) is 3.12. The van der Waals surface area contributed by atoms with Gasteiger partial charge in [-0.1, -0.05) is 23.7 Å². The van der Waals surface area contributed by atoms with Gasteiger partial charge in [0.2, 0.25) is 0 Å². The molecule has 0 atom stereocenters. The zero-order valence-electron chi connectivity index (χ0n) is 14.0. The van der Waals surface area contributed by atoms with Gasteiger partial charge in [0.25, 0.3) is 5.56 Å². The Kier molecular flexibility index (Phi) is 4.75. The van der Waals surface area contributed by atoms with Crippen molar-refractivity contribution in [1.82, 2.24) is 9.55 Å². The third-order valence-corrected chi connectivity index (χ3v) is 5.23.